The fourth-order valence-corrected chi connectivity index (χ4v) is 6.96. The van der Waals surface area contributed by atoms with E-state index in [4.69, 9.17) is 11.6 Å². The van der Waals surface area contributed by atoms with Crippen molar-refractivity contribution in [2.45, 2.75) is 50.3 Å². The van der Waals surface area contributed by atoms with Crippen molar-refractivity contribution in [3.63, 3.8) is 0 Å². The van der Waals surface area contributed by atoms with Gasteiger partial charge in [0.05, 0.1) is 11.7 Å². The van der Waals surface area contributed by atoms with Gasteiger partial charge < -0.3 is 5.32 Å². The fourth-order valence-electron chi connectivity index (χ4n) is 5.03. The van der Waals surface area contributed by atoms with Crippen LogP contribution in [0.5, 0.6) is 0 Å². The molecule has 7 heteroatoms. The molecule has 4 atom stereocenters. The molecule has 1 aromatic rings. The van der Waals surface area contributed by atoms with Gasteiger partial charge in [-0.1, -0.05) is 36.2 Å². The Labute approximate surface area is 166 Å². The molecule has 1 amide bonds. The zero-order valence-electron chi connectivity index (χ0n) is 15.4. The zero-order chi connectivity index (χ0) is 19.0. The van der Waals surface area contributed by atoms with Crippen molar-refractivity contribution in [3.8, 4) is 0 Å². The van der Waals surface area contributed by atoms with E-state index < -0.39 is 10.0 Å². The first-order valence-corrected chi connectivity index (χ1v) is 11.9. The first-order valence-electron chi connectivity index (χ1n) is 9.94. The molecule has 1 aromatic carbocycles. The summed E-state index contributed by atoms with van der Waals surface area (Å²) in [6.07, 6.45) is 6.33. The van der Waals surface area contributed by atoms with Gasteiger partial charge in [0.2, 0.25) is 15.9 Å². The number of carbonyl (C=O) groups is 1. The predicted molar refractivity (Wildman–Crippen MR) is 106 cm³/mol. The number of amides is 1. The van der Waals surface area contributed by atoms with Crippen LogP contribution in [0, 0.1) is 17.8 Å². The maximum atomic E-state index is 12.9. The summed E-state index contributed by atoms with van der Waals surface area (Å²) in [4.78, 5) is 12.8. The first-order chi connectivity index (χ1) is 12.9. The van der Waals surface area contributed by atoms with Crippen molar-refractivity contribution in [2.24, 2.45) is 17.8 Å². The molecule has 0 aromatic heterocycles. The molecule has 2 bridgehead atoms. The van der Waals surface area contributed by atoms with Crippen LogP contribution in [-0.2, 0) is 20.6 Å². The van der Waals surface area contributed by atoms with Crippen LogP contribution in [0.3, 0.4) is 0 Å². The van der Waals surface area contributed by atoms with Gasteiger partial charge in [-0.15, -0.1) is 0 Å². The Kier molecular flexibility index (Phi) is 5.50. The van der Waals surface area contributed by atoms with Crippen molar-refractivity contribution in [1.82, 2.24) is 9.62 Å². The van der Waals surface area contributed by atoms with Crippen molar-refractivity contribution in [2.75, 3.05) is 13.1 Å². The Hall–Kier alpha value is -1.11. The maximum Gasteiger partial charge on any atom is 0.224 e. The number of nitrogens with one attached hydrogen (secondary N) is 1. The molecule has 0 unspecified atom stereocenters. The summed E-state index contributed by atoms with van der Waals surface area (Å²) in [5.41, 5.74) is 0.604. The van der Waals surface area contributed by atoms with Crippen LogP contribution < -0.4 is 5.32 Å². The van der Waals surface area contributed by atoms with Crippen molar-refractivity contribution in [3.05, 3.63) is 34.9 Å². The highest BCUT2D eigenvalue weighted by molar-refractivity contribution is 7.88. The van der Waals surface area contributed by atoms with Crippen molar-refractivity contribution in [1.29, 1.82) is 0 Å². The molecule has 3 aliphatic rings. The number of nitrogens with zero attached hydrogens (tertiary/aromatic N) is 1. The van der Waals surface area contributed by atoms with Crippen LogP contribution in [0.25, 0.3) is 0 Å². The third-order valence-electron chi connectivity index (χ3n) is 6.51. The third-order valence-corrected chi connectivity index (χ3v) is 8.67. The van der Waals surface area contributed by atoms with Gasteiger partial charge in [-0.2, -0.15) is 0 Å². The highest BCUT2D eigenvalue weighted by Gasteiger charge is 2.41. The van der Waals surface area contributed by atoms with E-state index in [0.29, 0.717) is 29.1 Å². The second-order valence-corrected chi connectivity index (χ2v) is 10.7. The standard InChI is InChI=1S/C20H27ClN2O3S/c21-18-6-2-1-4-17(18)13-27(25,26)23-9-3-5-16(12-23)20(24)22-19-11-14-7-8-15(19)10-14/h1-2,4,6,14-16,19H,3,5,7-13H2,(H,22,24)/t14-,15-,16+,19+/m0/s1. The van der Waals surface area contributed by atoms with Crippen LogP contribution in [0.2, 0.25) is 5.02 Å². The number of carbonyl (C=O) groups excluding carboxylic acids is 1. The number of hydrogen-bond donors (Lipinski definition) is 1. The van der Waals surface area contributed by atoms with Gasteiger partial charge in [-0.25, -0.2) is 12.7 Å². The lowest BCUT2D eigenvalue weighted by molar-refractivity contribution is -0.127. The zero-order valence-corrected chi connectivity index (χ0v) is 17.0. The van der Waals surface area contributed by atoms with Gasteiger partial charge in [0.15, 0.2) is 0 Å². The van der Waals surface area contributed by atoms with Gasteiger partial charge in [-0.3, -0.25) is 4.79 Å². The molecule has 2 saturated carbocycles. The Morgan fingerprint density at radius 2 is 2.00 bits per heavy atom. The predicted octanol–water partition coefficient (Wildman–Crippen LogP) is 3.19. The minimum absolute atomic E-state index is 0.0326. The SMILES string of the molecule is O=C(N[C@@H]1C[C@H]2CC[C@H]1C2)[C@@H]1CCCN(S(=O)(=O)Cc2ccccc2Cl)C1. The summed E-state index contributed by atoms with van der Waals surface area (Å²) in [6.45, 7) is 0.754. The summed E-state index contributed by atoms with van der Waals surface area (Å²) >= 11 is 6.13. The number of fused-ring (bicyclic) bond motifs is 2. The van der Waals surface area contributed by atoms with Gasteiger partial charge in [0.1, 0.15) is 0 Å². The Bertz CT molecular complexity index is 813. The highest BCUT2D eigenvalue weighted by atomic mass is 35.5. The summed E-state index contributed by atoms with van der Waals surface area (Å²) in [5, 5.41) is 3.69. The van der Waals surface area contributed by atoms with E-state index in [-0.39, 0.29) is 24.1 Å². The van der Waals surface area contributed by atoms with E-state index in [0.717, 1.165) is 25.2 Å². The lowest BCUT2D eigenvalue weighted by Crippen LogP contribution is -2.48. The topological polar surface area (TPSA) is 66.5 Å². The molecule has 2 aliphatic carbocycles. The Balaban J connectivity index is 1.38. The molecule has 0 radical (unpaired) electrons. The second-order valence-electron chi connectivity index (χ2n) is 8.33. The number of benzene rings is 1. The first kappa shape index (κ1) is 19.2. The van der Waals surface area contributed by atoms with Crippen LogP contribution in [0.15, 0.2) is 24.3 Å². The molecule has 27 heavy (non-hydrogen) atoms. The maximum absolute atomic E-state index is 12.9. The molecule has 1 saturated heterocycles. The Morgan fingerprint density at radius 3 is 2.70 bits per heavy atom. The summed E-state index contributed by atoms with van der Waals surface area (Å²) < 4.78 is 27.2. The number of piperidine rings is 1. The quantitative estimate of drug-likeness (QED) is 0.810. The molecule has 1 heterocycles. The van der Waals surface area contributed by atoms with E-state index in [9.17, 15) is 13.2 Å². The van der Waals surface area contributed by atoms with E-state index in [1.165, 1.54) is 23.6 Å². The average molecular weight is 411 g/mol. The molecule has 3 fully saturated rings. The number of halogens is 1. The van der Waals surface area contributed by atoms with Crippen LogP contribution in [-0.4, -0.2) is 37.8 Å². The molecule has 1 N–H and O–H groups in total. The van der Waals surface area contributed by atoms with Gasteiger partial charge in [0.25, 0.3) is 0 Å². The van der Waals surface area contributed by atoms with Gasteiger partial charge >= 0.3 is 0 Å². The largest absolute Gasteiger partial charge is 0.353 e. The van der Waals surface area contributed by atoms with E-state index >= 15 is 0 Å². The monoisotopic (exact) mass is 410 g/mol. The van der Waals surface area contributed by atoms with Crippen molar-refractivity contribution < 1.29 is 13.2 Å². The lowest BCUT2D eigenvalue weighted by Gasteiger charge is -2.33. The van der Waals surface area contributed by atoms with E-state index in [2.05, 4.69) is 5.32 Å². The Morgan fingerprint density at radius 1 is 1.19 bits per heavy atom. The van der Waals surface area contributed by atoms with Crippen LogP contribution >= 0.6 is 11.6 Å². The fraction of sp³-hybridized carbons (Fsp3) is 0.650. The number of rotatable bonds is 5. The lowest BCUT2D eigenvalue weighted by atomic mass is 9.93. The van der Waals surface area contributed by atoms with E-state index in [1.807, 2.05) is 0 Å². The second kappa shape index (κ2) is 7.72. The average Bonchev–Trinajstić information content (AvgIpc) is 3.27. The molecular weight excluding hydrogens is 384 g/mol. The van der Waals surface area contributed by atoms with E-state index in [1.54, 1.807) is 24.3 Å². The summed E-state index contributed by atoms with van der Waals surface area (Å²) in [5.74, 6) is 1.07. The molecule has 5 nitrogen and oxygen atoms in total. The van der Waals surface area contributed by atoms with Crippen LogP contribution in [0.4, 0.5) is 0 Å². The molecule has 1 aliphatic heterocycles. The smallest absolute Gasteiger partial charge is 0.224 e. The van der Waals surface area contributed by atoms with Gasteiger partial charge in [-0.05, 0) is 55.6 Å². The highest BCUT2D eigenvalue weighted by Crippen LogP contribution is 2.44. The van der Waals surface area contributed by atoms with Crippen molar-refractivity contribution >= 4 is 27.5 Å². The normalized spacial score (nSPS) is 31.1. The summed E-state index contributed by atoms with van der Waals surface area (Å²) in [7, 11) is -3.49. The molecule has 0 spiro atoms. The molecule has 148 valence electrons. The number of hydrogen-bond acceptors (Lipinski definition) is 3. The molecule has 4 rings (SSSR count). The number of sulfonamides is 1. The van der Waals surface area contributed by atoms with Gasteiger partial charge in [0, 0.05) is 24.2 Å². The third kappa shape index (κ3) is 4.17. The minimum atomic E-state index is -3.49. The minimum Gasteiger partial charge on any atom is -0.353 e. The van der Waals surface area contributed by atoms with Crippen LogP contribution in [0.1, 0.15) is 44.1 Å². The summed E-state index contributed by atoms with van der Waals surface area (Å²) in [6, 6.07) is 7.32. The molecular formula is C20H27ClN2O3S.